The Morgan fingerprint density at radius 3 is 2.38 bits per heavy atom. The first-order chi connectivity index (χ1) is 18.4. The number of benzene rings is 2. The van der Waals surface area contributed by atoms with Crippen LogP contribution in [-0.2, 0) is 27.2 Å². The number of carbonyl (C=O) groups excluding carboxylic acids is 2. The number of hydrogen-bond donors (Lipinski definition) is 2. The highest BCUT2D eigenvalue weighted by Crippen LogP contribution is 2.44. The molecule has 2 aliphatic rings. The monoisotopic (exact) mass is 557 g/mol. The number of imide groups is 1. The smallest absolute Gasteiger partial charge is 0.341 e. The lowest BCUT2D eigenvalue weighted by Gasteiger charge is -2.38. The third kappa shape index (κ3) is 6.13. The molecule has 2 amide bonds. The largest absolute Gasteiger partial charge is 0.489 e. The lowest BCUT2D eigenvalue weighted by Crippen LogP contribution is -2.42. The van der Waals surface area contributed by atoms with E-state index >= 15 is 0 Å². The summed E-state index contributed by atoms with van der Waals surface area (Å²) >= 11 is 0.846. The molecular formula is C28H31NO9S. The molecule has 2 heterocycles. The highest BCUT2D eigenvalue weighted by Gasteiger charge is 2.40. The molecule has 2 aromatic rings. The molecule has 2 unspecified atom stereocenters. The van der Waals surface area contributed by atoms with Gasteiger partial charge in [0.05, 0.1) is 5.25 Å². The normalized spacial score (nSPS) is 20.4. The summed E-state index contributed by atoms with van der Waals surface area (Å²) in [6.07, 6.45) is 1.73. The van der Waals surface area contributed by atoms with Gasteiger partial charge in [-0.2, -0.15) is 0 Å². The van der Waals surface area contributed by atoms with E-state index in [1.807, 2.05) is 39.8 Å². The summed E-state index contributed by atoms with van der Waals surface area (Å²) in [5, 5.41) is 16.7. The zero-order valence-corrected chi connectivity index (χ0v) is 23.1. The van der Waals surface area contributed by atoms with Crippen LogP contribution >= 0.6 is 11.8 Å². The first-order valence-corrected chi connectivity index (χ1v) is 13.4. The molecule has 2 atom stereocenters. The van der Waals surface area contributed by atoms with Crippen LogP contribution in [0, 0.1) is 20.8 Å². The summed E-state index contributed by atoms with van der Waals surface area (Å²) in [5.74, 6) is -0.740. The molecule has 11 heteroatoms. The Morgan fingerprint density at radius 2 is 1.74 bits per heavy atom. The highest BCUT2D eigenvalue weighted by atomic mass is 32.2. The predicted octanol–water partition coefficient (Wildman–Crippen LogP) is 3.93. The quantitative estimate of drug-likeness (QED) is 0.442. The maximum atomic E-state index is 12.4. The molecule has 0 radical (unpaired) electrons. The number of thioether (sulfide) groups is 1. The van der Waals surface area contributed by atoms with Crippen molar-refractivity contribution < 1.29 is 43.6 Å². The van der Waals surface area contributed by atoms with E-state index in [2.05, 4.69) is 0 Å². The van der Waals surface area contributed by atoms with Crippen molar-refractivity contribution in [2.24, 2.45) is 0 Å². The van der Waals surface area contributed by atoms with Crippen molar-refractivity contribution in [1.29, 1.82) is 0 Å². The molecule has 0 aromatic heterocycles. The molecule has 4 rings (SSSR count). The Balaban J connectivity index is 1.38. The van der Waals surface area contributed by atoms with Crippen LogP contribution in [0.1, 0.15) is 41.2 Å². The molecule has 1 saturated heterocycles. The van der Waals surface area contributed by atoms with E-state index in [9.17, 15) is 19.2 Å². The third-order valence-electron chi connectivity index (χ3n) is 7.09. The number of aliphatic carboxylic acids is 2. The van der Waals surface area contributed by atoms with E-state index in [1.54, 1.807) is 12.1 Å². The van der Waals surface area contributed by atoms with E-state index in [1.165, 1.54) is 0 Å². The van der Waals surface area contributed by atoms with Crippen LogP contribution in [0.2, 0.25) is 0 Å². The van der Waals surface area contributed by atoms with Crippen LogP contribution in [0.15, 0.2) is 24.3 Å². The molecule has 2 aromatic carbocycles. The zero-order valence-electron chi connectivity index (χ0n) is 22.2. The Morgan fingerprint density at radius 1 is 1.05 bits per heavy atom. The van der Waals surface area contributed by atoms with Crippen LogP contribution in [0.25, 0.3) is 0 Å². The van der Waals surface area contributed by atoms with Crippen molar-refractivity contribution in [3.05, 3.63) is 52.1 Å². The van der Waals surface area contributed by atoms with Crippen molar-refractivity contribution in [3.8, 4) is 17.2 Å². The van der Waals surface area contributed by atoms with Gasteiger partial charge in [-0.1, -0.05) is 23.9 Å². The second-order valence-corrected chi connectivity index (χ2v) is 11.2. The molecule has 0 spiro atoms. The summed E-state index contributed by atoms with van der Waals surface area (Å²) in [5.41, 5.74) is 3.90. The van der Waals surface area contributed by atoms with Gasteiger partial charge in [-0.3, -0.25) is 19.3 Å². The van der Waals surface area contributed by atoms with Gasteiger partial charge in [0.1, 0.15) is 36.0 Å². The predicted molar refractivity (Wildman–Crippen MR) is 143 cm³/mol. The molecule has 10 nitrogen and oxygen atoms in total. The number of nitrogens with zero attached hydrogens (tertiary/aromatic N) is 1. The van der Waals surface area contributed by atoms with Crippen LogP contribution < -0.4 is 14.2 Å². The number of ether oxygens (including phenoxy) is 3. The Hall–Kier alpha value is -3.73. The second kappa shape index (κ2) is 11.2. The number of amides is 2. The summed E-state index contributed by atoms with van der Waals surface area (Å²) in [4.78, 5) is 47.1. The zero-order chi connectivity index (χ0) is 28.5. The molecule has 0 saturated carbocycles. The number of hydrogen-bond acceptors (Lipinski definition) is 8. The Kier molecular flexibility index (Phi) is 8.10. The summed E-state index contributed by atoms with van der Waals surface area (Å²) in [6, 6.07) is 7.23. The molecule has 0 bridgehead atoms. The molecule has 2 aliphatic heterocycles. The number of carbonyl (C=O) groups is 4. The van der Waals surface area contributed by atoms with Gasteiger partial charge in [-0.05, 0) is 81.3 Å². The van der Waals surface area contributed by atoms with Crippen molar-refractivity contribution >= 4 is 34.8 Å². The van der Waals surface area contributed by atoms with E-state index in [0.717, 1.165) is 56.6 Å². The average Bonchev–Trinajstić information content (AvgIpc) is 3.13. The van der Waals surface area contributed by atoms with Gasteiger partial charge in [-0.15, -0.1) is 0 Å². The molecule has 2 N–H and O–H groups in total. The third-order valence-corrected chi connectivity index (χ3v) is 8.17. The van der Waals surface area contributed by atoms with E-state index < -0.39 is 47.1 Å². The SMILES string of the molecule is Cc1c(C)c2c(c(C)c1OCC(=O)O)CCC(C)(COc1ccc(CC3SC(=O)N(CC(=O)O)C3=O)cc1)O2. The van der Waals surface area contributed by atoms with E-state index in [-0.39, 0.29) is 0 Å². The maximum Gasteiger partial charge on any atom is 0.341 e. The maximum absolute atomic E-state index is 12.4. The van der Waals surface area contributed by atoms with Crippen LogP contribution in [-0.4, -0.2) is 68.8 Å². The van der Waals surface area contributed by atoms with Gasteiger partial charge in [0.15, 0.2) is 6.61 Å². The summed E-state index contributed by atoms with van der Waals surface area (Å²) in [7, 11) is 0. The van der Waals surface area contributed by atoms with Gasteiger partial charge in [-0.25, -0.2) is 4.79 Å². The molecule has 1 fully saturated rings. The molecular weight excluding hydrogens is 526 g/mol. The fourth-order valence-corrected chi connectivity index (χ4v) is 5.84. The minimum atomic E-state index is -1.23. The molecule has 208 valence electrons. The van der Waals surface area contributed by atoms with Gasteiger partial charge in [0.25, 0.3) is 5.24 Å². The Labute approximate surface area is 230 Å². The minimum absolute atomic E-state index is 0.302. The Bertz CT molecular complexity index is 1320. The average molecular weight is 558 g/mol. The van der Waals surface area contributed by atoms with Crippen molar-refractivity contribution in [3.63, 3.8) is 0 Å². The van der Waals surface area contributed by atoms with Gasteiger partial charge >= 0.3 is 11.9 Å². The van der Waals surface area contributed by atoms with Gasteiger partial charge in [0.2, 0.25) is 5.91 Å². The van der Waals surface area contributed by atoms with Crippen molar-refractivity contribution in [2.75, 3.05) is 19.8 Å². The summed E-state index contributed by atoms with van der Waals surface area (Å²) < 4.78 is 18.1. The molecule has 0 aliphatic carbocycles. The van der Waals surface area contributed by atoms with Crippen molar-refractivity contribution in [2.45, 2.75) is 57.8 Å². The van der Waals surface area contributed by atoms with Crippen LogP contribution in [0.3, 0.4) is 0 Å². The van der Waals surface area contributed by atoms with E-state index in [4.69, 9.17) is 24.4 Å². The minimum Gasteiger partial charge on any atom is -0.489 e. The number of rotatable bonds is 10. The first-order valence-electron chi connectivity index (χ1n) is 12.5. The van der Waals surface area contributed by atoms with Crippen molar-refractivity contribution in [1.82, 2.24) is 4.90 Å². The van der Waals surface area contributed by atoms with Crippen LogP contribution in [0.5, 0.6) is 17.2 Å². The topological polar surface area (TPSA) is 140 Å². The standard InChI is InChI=1S/C28H31NO9S/c1-15-16(2)25-20(17(3)24(15)36-13-23(32)33)9-10-28(4,38-25)14-37-19-7-5-18(6-8-19)11-21-26(34)29(12-22(30)31)27(35)39-21/h5-8,21H,9-14H2,1-4H3,(H,30,31)(H,32,33). The van der Waals surface area contributed by atoms with E-state index in [0.29, 0.717) is 30.9 Å². The number of carboxylic acids is 2. The first kappa shape index (κ1) is 28.3. The number of carboxylic acid groups (broad SMARTS) is 2. The van der Waals surface area contributed by atoms with Gasteiger partial charge in [0, 0.05) is 5.56 Å². The highest BCUT2D eigenvalue weighted by molar-refractivity contribution is 8.15. The second-order valence-electron chi connectivity index (χ2n) is 10.1. The lowest BCUT2D eigenvalue weighted by atomic mass is 9.87. The summed E-state index contributed by atoms with van der Waals surface area (Å²) in [6.45, 7) is 7.02. The molecule has 39 heavy (non-hydrogen) atoms. The fraction of sp³-hybridized carbons (Fsp3) is 0.429. The van der Waals surface area contributed by atoms with Crippen LogP contribution in [0.4, 0.5) is 4.79 Å². The van der Waals surface area contributed by atoms with Gasteiger partial charge < -0.3 is 24.4 Å². The lowest BCUT2D eigenvalue weighted by molar-refractivity contribution is -0.141. The fourth-order valence-electron chi connectivity index (χ4n) is 4.81. The number of fused-ring (bicyclic) bond motifs is 1.